The lowest BCUT2D eigenvalue weighted by Gasteiger charge is -2.33. The standard InChI is InChI=1S/C74H45N7S/c1-41-47-18-7-8-21-52(47)67-64(41)54-23-15-27-62-66(54)68(76-67)53-22-11-14-26-61(53)81(62)73-78-70(43-16-5-4-6-17-43)77-71(79-73)44-30-28-42(29-31-44)45-32-34-51-57-40-56-50-20-10-13-25-60(50)80(72-65(56)55(36-37-75-72)69(57)82-63(51)38-45)46-33-35-49-48-19-9-12-24-58(48)74(2,3)59(49)39-46/h4-40H,1H2,2-3H3. The number of thiophene rings is 1. The summed E-state index contributed by atoms with van der Waals surface area (Å²) in [6.07, 6.45) is 1.99. The van der Waals surface area contributed by atoms with Crippen molar-refractivity contribution in [2.75, 3.05) is 4.90 Å². The Bertz CT molecular complexity index is 5530. The lowest BCUT2D eigenvalue weighted by atomic mass is 9.82. The van der Waals surface area contributed by atoms with Crippen LogP contribution >= 0.6 is 11.3 Å². The number of anilines is 3. The van der Waals surface area contributed by atoms with Gasteiger partial charge in [0.05, 0.1) is 27.8 Å². The van der Waals surface area contributed by atoms with Crippen LogP contribution in [0.5, 0.6) is 0 Å². The quantitative estimate of drug-likeness (QED) is 0.126. The Balaban J connectivity index is 0.755. The van der Waals surface area contributed by atoms with Crippen LogP contribution in [-0.4, -0.2) is 29.5 Å². The minimum Gasteiger partial charge on any atom is -0.294 e. The number of aromatic nitrogens is 6. The molecule has 11 aromatic carbocycles. The molecule has 0 unspecified atom stereocenters. The molecule has 5 aromatic heterocycles. The summed E-state index contributed by atoms with van der Waals surface area (Å²) in [4.78, 5) is 28.9. The van der Waals surface area contributed by atoms with Gasteiger partial charge < -0.3 is 0 Å². The zero-order valence-electron chi connectivity index (χ0n) is 44.6. The summed E-state index contributed by atoms with van der Waals surface area (Å²) in [5.74, 6) is 2.67. The number of fused-ring (bicyclic) bond motifs is 15. The second-order valence-electron chi connectivity index (χ2n) is 22.4. The number of hydrogen-bond acceptors (Lipinski definition) is 7. The van der Waals surface area contributed by atoms with E-state index in [0.717, 1.165) is 99.0 Å². The van der Waals surface area contributed by atoms with Crippen LogP contribution < -0.4 is 10.1 Å². The third-order valence-corrected chi connectivity index (χ3v) is 18.9. The Morgan fingerprint density at radius 3 is 1.95 bits per heavy atom. The molecule has 0 radical (unpaired) electrons. The molecule has 0 spiro atoms. The van der Waals surface area contributed by atoms with E-state index >= 15 is 0 Å². The maximum Gasteiger partial charge on any atom is 0.238 e. The molecular formula is C74H45N7S. The highest BCUT2D eigenvalue weighted by atomic mass is 32.1. The Morgan fingerprint density at radius 2 is 1.10 bits per heavy atom. The highest BCUT2D eigenvalue weighted by molar-refractivity contribution is 7.26. The first-order valence-electron chi connectivity index (χ1n) is 27.8. The fourth-order valence-electron chi connectivity index (χ4n) is 13.9. The summed E-state index contributed by atoms with van der Waals surface area (Å²) in [7, 11) is 0. The summed E-state index contributed by atoms with van der Waals surface area (Å²) in [6, 6.07) is 78.5. The lowest BCUT2D eigenvalue weighted by molar-refractivity contribution is 0.660. The molecular weight excluding hydrogens is 1020 g/mol. The first-order chi connectivity index (χ1) is 40.3. The van der Waals surface area contributed by atoms with Gasteiger partial charge in [0, 0.05) is 86.5 Å². The molecule has 0 fully saturated rings. The van der Waals surface area contributed by atoms with Gasteiger partial charge in [-0.1, -0.05) is 190 Å². The van der Waals surface area contributed by atoms with Crippen LogP contribution in [0.15, 0.2) is 225 Å². The number of para-hydroxylation sites is 2. The van der Waals surface area contributed by atoms with Crippen LogP contribution in [0.3, 0.4) is 0 Å². The Labute approximate surface area is 474 Å². The summed E-state index contributed by atoms with van der Waals surface area (Å²) < 4.78 is 4.69. The van der Waals surface area contributed by atoms with Crippen molar-refractivity contribution in [1.29, 1.82) is 0 Å². The van der Waals surface area contributed by atoms with Crippen molar-refractivity contribution in [3.8, 4) is 62.1 Å². The highest BCUT2D eigenvalue weighted by Gasteiger charge is 2.37. The molecule has 0 saturated heterocycles. The van der Waals surface area contributed by atoms with Gasteiger partial charge in [-0.2, -0.15) is 9.97 Å². The summed E-state index contributed by atoms with van der Waals surface area (Å²) in [5.41, 5.74) is 17.8. The number of nitrogens with zero attached hydrogens (tertiary/aromatic N) is 7. The maximum atomic E-state index is 5.48. The number of pyridine rings is 3. The van der Waals surface area contributed by atoms with E-state index in [0.29, 0.717) is 17.6 Å². The molecule has 8 heteroatoms. The zero-order valence-corrected chi connectivity index (χ0v) is 45.4. The van der Waals surface area contributed by atoms with Crippen molar-refractivity contribution in [1.82, 2.24) is 29.5 Å². The number of rotatable bonds is 5. The molecule has 7 nitrogen and oxygen atoms in total. The smallest absolute Gasteiger partial charge is 0.238 e. The minimum absolute atomic E-state index is 0.125. The Hall–Kier alpha value is -10.4. The summed E-state index contributed by atoms with van der Waals surface area (Å²) >= 11 is 1.86. The van der Waals surface area contributed by atoms with Crippen molar-refractivity contribution < 1.29 is 0 Å². The number of hydrogen-bond donors (Lipinski definition) is 0. The molecule has 0 saturated carbocycles. The average Bonchev–Trinajstić information content (AvgIpc) is 4.16. The third-order valence-electron chi connectivity index (χ3n) is 17.7. The molecule has 0 amide bonds. The molecule has 82 heavy (non-hydrogen) atoms. The molecule has 0 bridgehead atoms. The lowest BCUT2D eigenvalue weighted by Crippen LogP contribution is -2.18. The molecule has 0 atom stereocenters. The van der Waals surface area contributed by atoms with Crippen molar-refractivity contribution in [3.05, 3.63) is 241 Å². The van der Waals surface area contributed by atoms with Crippen LogP contribution in [-0.2, 0) is 5.41 Å². The van der Waals surface area contributed by atoms with E-state index in [1.54, 1.807) is 0 Å². The highest BCUT2D eigenvalue weighted by Crippen LogP contribution is 2.56. The van der Waals surface area contributed by atoms with E-state index in [1.807, 2.05) is 35.7 Å². The maximum absolute atomic E-state index is 5.48. The van der Waals surface area contributed by atoms with Crippen molar-refractivity contribution in [3.63, 3.8) is 0 Å². The fraction of sp³-hybridized carbons (Fsp3) is 0.0405. The first kappa shape index (κ1) is 45.5. The SMILES string of the molecule is C=c1c2ccccc2c2nc3c4ccccc4n(-c4nc(-c5ccccc5)nc(-c5ccc(-c6ccc7c(c6)sc6c8ccnc9c8c(cc76)-c6ccccc6N9c6ccc7c(c6)C(C)(C)c6ccccc6-7)cc5)n4)c4cccc(c12)c34. The van der Waals surface area contributed by atoms with E-state index in [4.69, 9.17) is 24.9 Å². The largest absolute Gasteiger partial charge is 0.294 e. The van der Waals surface area contributed by atoms with Crippen LogP contribution in [0.25, 0.3) is 154 Å². The van der Waals surface area contributed by atoms with Gasteiger partial charge in [-0.25, -0.2) is 15.0 Å². The van der Waals surface area contributed by atoms with Crippen molar-refractivity contribution in [2.45, 2.75) is 19.3 Å². The van der Waals surface area contributed by atoms with Crippen molar-refractivity contribution in [2.24, 2.45) is 0 Å². The molecule has 1 aliphatic carbocycles. The van der Waals surface area contributed by atoms with Gasteiger partial charge in [-0.05, 0) is 103 Å². The van der Waals surface area contributed by atoms with Gasteiger partial charge in [0.2, 0.25) is 5.95 Å². The Kier molecular flexibility index (Phi) is 9.19. The van der Waals surface area contributed by atoms with Gasteiger partial charge >= 0.3 is 0 Å². The van der Waals surface area contributed by atoms with Gasteiger partial charge in [0.1, 0.15) is 5.82 Å². The van der Waals surface area contributed by atoms with E-state index < -0.39 is 0 Å². The summed E-state index contributed by atoms with van der Waals surface area (Å²) in [6.45, 7) is 9.31. The molecule has 6 heterocycles. The summed E-state index contributed by atoms with van der Waals surface area (Å²) in [5, 5.41) is 12.4. The van der Waals surface area contributed by atoms with E-state index in [1.165, 1.54) is 64.3 Å². The average molecular weight is 1060 g/mol. The molecule has 1 aliphatic heterocycles. The molecule has 16 aromatic rings. The number of benzene rings is 10. The second-order valence-corrected chi connectivity index (χ2v) is 23.5. The van der Waals surface area contributed by atoms with Crippen LogP contribution in [0.2, 0.25) is 0 Å². The van der Waals surface area contributed by atoms with Crippen LogP contribution in [0, 0.1) is 0 Å². The normalized spacial score (nSPS) is 13.4. The zero-order chi connectivity index (χ0) is 54.1. The fourth-order valence-corrected chi connectivity index (χ4v) is 15.2. The minimum atomic E-state index is -0.125. The van der Waals surface area contributed by atoms with Gasteiger partial charge in [0.25, 0.3) is 0 Å². The van der Waals surface area contributed by atoms with Crippen LogP contribution in [0.4, 0.5) is 17.2 Å². The molecule has 2 aliphatic rings. The van der Waals surface area contributed by atoms with Gasteiger partial charge in [-0.3, -0.25) is 9.47 Å². The molecule has 18 rings (SSSR count). The van der Waals surface area contributed by atoms with Crippen molar-refractivity contribution >= 4 is 120 Å². The second kappa shape index (κ2) is 16.6. The van der Waals surface area contributed by atoms with E-state index in [9.17, 15) is 0 Å². The van der Waals surface area contributed by atoms with E-state index in [-0.39, 0.29) is 5.41 Å². The Morgan fingerprint density at radius 1 is 0.427 bits per heavy atom. The monoisotopic (exact) mass is 1060 g/mol. The molecule has 0 N–H and O–H groups in total. The predicted octanol–water partition coefficient (Wildman–Crippen LogP) is 18.6. The topological polar surface area (TPSA) is 72.6 Å². The first-order valence-corrected chi connectivity index (χ1v) is 28.7. The predicted molar refractivity (Wildman–Crippen MR) is 341 cm³/mol. The third kappa shape index (κ3) is 6.21. The van der Waals surface area contributed by atoms with E-state index in [2.05, 4.69) is 230 Å². The molecule has 382 valence electrons. The van der Waals surface area contributed by atoms with Crippen LogP contribution in [0.1, 0.15) is 25.0 Å². The van der Waals surface area contributed by atoms with Gasteiger partial charge in [0.15, 0.2) is 11.6 Å². The van der Waals surface area contributed by atoms with Gasteiger partial charge in [-0.15, -0.1) is 11.3 Å².